The van der Waals surface area contributed by atoms with Gasteiger partial charge in [0, 0.05) is 12.0 Å². The number of carbonyl (C=O) groups excluding carboxylic acids is 1. The van der Waals surface area contributed by atoms with Crippen molar-refractivity contribution in [3.63, 3.8) is 0 Å². The van der Waals surface area contributed by atoms with Gasteiger partial charge in [0.05, 0.1) is 18.0 Å². The van der Waals surface area contributed by atoms with Gasteiger partial charge in [-0.2, -0.15) is 0 Å². The lowest BCUT2D eigenvalue weighted by Crippen LogP contribution is -2.08. The Balaban J connectivity index is 0. The van der Waals surface area contributed by atoms with Crippen LogP contribution in [0.2, 0.25) is 0 Å². The van der Waals surface area contributed by atoms with E-state index >= 15 is 0 Å². The predicted molar refractivity (Wildman–Crippen MR) is 71.7 cm³/mol. The minimum atomic E-state index is -0.450. The molecule has 5 heteroatoms. The molecule has 0 aromatic heterocycles. The molecule has 0 fully saturated rings. The highest BCUT2D eigenvalue weighted by Gasteiger charge is 2.17. The largest absolute Gasteiger partial charge is 0.466 e. The summed E-state index contributed by atoms with van der Waals surface area (Å²) in [5.41, 5.74) is 0.472. The summed E-state index contributed by atoms with van der Waals surface area (Å²) in [7, 11) is 0. The second-order valence-corrected chi connectivity index (χ2v) is 3.06. The smallest absolute Gasteiger partial charge is 0.310 e. The number of esters is 1. The highest BCUT2D eigenvalue weighted by atomic mass is 16.6. The molecule has 0 radical (unpaired) electrons. The minimum absolute atomic E-state index is 0.0532. The molecule has 0 aromatic carbocycles. The second-order valence-electron chi connectivity index (χ2n) is 3.06. The lowest BCUT2D eigenvalue weighted by atomic mass is 10.1. The van der Waals surface area contributed by atoms with Crippen LogP contribution >= 0.6 is 0 Å². The number of rotatable bonds is 6. The van der Waals surface area contributed by atoms with Crippen molar-refractivity contribution >= 4 is 5.97 Å². The summed E-state index contributed by atoms with van der Waals surface area (Å²) in [6, 6.07) is 0. The molecule has 0 spiro atoms. The first-order chi connectivity index (χ1) is 8.56. The monoisotopic (exact) mass is 257 g/mol. The van der Waals surface area contributed by atoms with Crippen LogP contribution in [0.15, 0.2) is 23.4 Å². The number of ether oxygens (including phenoxy) is 1. The molecule has 0 unspecified atom stereocenters. The molecule has 0 aromatic rings. The van der Waals surface area contributed by atoms with Gasteiger partial charge in [0.25, 0.3) is 0 Å². The Labute approximate surface area is 109 Å². The van der Waals surface area contributed by atoms with Crippen molar-refractivity contribution < 1.29 is 14.5 Å². The number of hydrogen-bond donors (Lipinski definition) is 0. The zero-order valence-corrected chi connectivity index (χ0v) is 11.9. The average Bonchev–Trinajstić information content (AvgIpc) is 2.32. The molecule has 0 rings (SSSR count). The van der Waals surface area contributed by atoms with Crippen LogP contribution in [-0.4, -0.2) is 17.5 Å². The van der Waals surface area contributed by atoms with Gasteiger partial charge in [0.1, 0.15) is 0 Å². The van der Waals surface area contributed by atoms with Crippen molar-refractivity contribution in [1.82, 2.24) is 0 Å². The van der Waals surface area contributed by atoms with Gasteiger partial charge in [0.2, 0.25) is 5.70 Å². The zero-order chi connectivity index (χ0) is 14.6. The maximum absolute atomic E-state index is 11.3. The van der Waals surface area contributed by atoms with E-state index in [0.717, 1.165) is 0 Å². The van der Waals surface area contributed by atoms with Gasteiger partial charge >= 0.3 is 5.97 Å². The molecule has 0 atom stereocenters. The molecule has 0 saturated carbocycles. The number of nitrogens with zero attached hydrogens (tertiary/aromatic N) is 1. The van der Waals surface area contributed by atoms with Crippen LogP contribution in [0.4, 0.5) is 0 Å². The van der Waals surface area contributed by atoms with E-state index in [-0.39, 0.29) is 25.1 Å². The third-order valence-electron chi connectivity index (χ3n) is 1.93. The zero-order valence-electron chi connectivity index (χ0n) is 11.9. The first kappa shape index (κ1) is 18.7. The first-order valence-electron chi connectivity index (χ1n) is 6.21. The maximum atomic E-state index is 11.3. The third kappa shape index (κ3) is 7.60. The third-order valence-corrected chi connectivity index (χ3v) is 1.93. The van der Waals surface area contributed by atoms with Gasteiger partial charge in [-0.1, -0.05) is 32.9 Å². The van der Waals surface area contributed by atoms with Gasteiger partial charge in [-0.25, -0.2) is 0 Å². The van der Waals surface area contributed by atoms with Crippen molar-refractivity contribution in [2.75, 3.05) is 6.61 Å². The Kier molecular flexibility index (Phi) is 12.3. The molecule has 0 aliphatic rings. The topological polar surface area (TPSA) is 69.4 Å². The van der Waals surface area contributed by atoms with Crippen LogP contribution in [0.3, 0.4) is 0 Å². The van der Waals surface area contributed by atoms with E-state index in [2.05, 4.69) is 0 Å². The summed E-state index contributed by atoms with van der Waals surface area (Å²) in [5, 5.41) is 10.7. The Morgan fingerprint density at radius 3 is 2.22 bits per heavy atom. The highest BCUT2D eigenvalue weighted by Crippen LogP contribution is 2.15. The summed E-state index contributed by atoms with van der Waals surface area (Å²) < 4.78 is 4.76. The molecule has 104 valence electrons. The van der Waals surface area contributed by atoms with E-state index < -0.39 is 10.9 Å². The van der Waals surface area contributed by atoms with E-state index in [1.165, 1.54) is 0 Å². The van der Waals surface area contributed by atoms with E-state index in [4.69, 9.17) is 4.74 Å². The predicted octanol–water partition coefficient (Wildman–Crippen LogP) is 3.48. The van der Waals surface area contributed by atoms with Crippen LogP contribution in [0.25, 0.3) is 0 Å². The molecule has 0 bridgehead atoms. The lowest BCUT2D eigenvalue weighted by molar-refractivity contribution is -0.428. The summed E-state index contributed by atoms with van der Waals surface area (Å²) in [4.78, 5) is 21.6. The van der Waals surface area contributed by atoms with Gasteiger partial charge in [0.15, 0.2) is 0 Å². The van der Waals surface area contributed by atoms with E-state index in [0.29, 0.717) is 5.57 Å². The number of carbonyl (C=O) groups is 1. The standard InChI is InChI=1S/C11H17NO4.C2H6/c1-4-7-9(8-11(13)16-6-3)10(5-2)12(14)15;1-2/h4,7H,5-6,8H2,1-3H3;1-2H3/b7-4-,10-9-;. The molecule has 0 heterocycles. The van der Waals surface area contributed by atoms with E-state index in [1.807, 2.05) is 13.8 Å². The lowest BCUT2D eigenvalue weighted by Gasteiger charge is -2.04. The molecular formula is C13H23NO4. The molecule has 0 N–H and O–H groups in total. The van der Waals surface area contributed by atoms with Crippen LogP contribution in [0.5, 0.6) is 0 Å². The van der Waals surface area contributed by atoms with Gasteiger partial charge < -0.3 is 4.74 Å². The molecule has 0 saturated heterocycles. The average molecular weight is 257 g/mol. The Morgan fingerprint density at radius 2 is 1.89 bits per heavy atom. The summed E-state index contributed by atoms with van der Waals surface area (Å²) in [5.74, 6) is -0.441. The molecule has 0 aliphatic heterocycles. The Morgan fingerprint density at radius 1 is 1.33 bits per heavy atom. The van der Waals surface area contributed by atoms with Crippen molar-refractivity contribution in [1.29, 1.82) is 0 Å². The van der Waals surface area contributed by atoms with Crippen molar-refractivity contribution in [3.05, 3.63) is 33.5 Å². The van der Waals surface area contributed by atoms with Crippen LogP contribution in [0, 0.1) is 10.1 Å². The minimum Gasteiger partial charge on any atom is -0.466 e. The summed E-state index contributed by atoms with van der Waals surface area (Å²) in [6.45, 7) is 9.41. The van der Waals surface area contributed by atoms with Crippen LogP contribution < -0.4 is 0 Å². The second kappa shape index (κ2) is 11.8. The van der Waals surface area contributed by atoms with Crippen molar-refractivity contribution in [2.24, 2.45) is 0 Å². The van der Waals surface area contributed by atoms with Gasteiger partial charge in [-0.15, -0.1) is 0 Å². The maximum Gasteiger partial charge on any atom is 0.310 e. The molecule has 18 heavy (non-hydrogen) atoms. The van der Waals surface area contributed by atoms with Crippen molar-refractivity contribution in [2.45, 2.75) is 47.5 Å². The SMILES string of the molecule is C/C=C\C(CC(=O)OCC)=C(/CC)[N+](=O)[O-].CC. The highest BCUT2D eigenvalue weighted by molar-refractivity contribution is 5.73. The Bertz CT molecular complexity index is 319. The Hall–Kier alpha value is -1.65. The molecule has 0 aliphatic carbocycles. The van der Waals surface area contributed by atoms with E-state index in [1.54, 1.807) is 32.9 Å². The molecule has 0 amide bonds. The van der Waals surface area contributed by atoms with Crippen LogP contribution in [-0.2, 0) is 9.53 Å². The number of hydrogen-bond acceptors (Lipinski definition) is 4. The number of nitro groups is 1. The molecular weight excluding hydrogens is 234 g/mol. The van der Waals surface area contributed by atoms with Crippen LogP contribution in [0.1, 0.15) is 47.5 Å². The summed E-state index contributed by atoms with van der Waals surface area (Å²) in [6.07, 6.45) is 3.49. The first-order valence-corrected chi connectivity index (χ1v) is 6.21. The fourth-order valence-electron chi connectivity index (χ4n) is 1.30. The van der Waals surface area contributed by atoms with Gasteiger partial charge in [-0.3, -0.25) is 14.9 Å². The number of allylic oxidation sites excluding steroid dienone is 3. The van der Waals surface area contributed by atoms with Gasteiger partial charge in [-0.05, 0) is 13.8 Å². The quantitative estimate of drug-likeness (QED) is 0.316. The van der Waals surface area contributed by atoms with Crippen molar-refractivity contribution in [3.8, 4) is 0 Å². The normalized spacial score (nSPS) is 11.4. The fourth-order valence-corrected chi connectivity index (χ4v) is 1.30. The van der Waals surface area contributed by atoms with E-state index in [9.17, 15) is 14.9 Å². The fraction of sp³-hybridized carbons (Fsp3) is 0.615. The molecule has 5 nitrogen and oxygen atoms in total. The summed E-state index contributed by atoms with van der Waals surface area (Å²) >= 11 is 0.